The Morgan fingerprint density at radius 2 is 1.84 bits per heavy atom. The van der Waals surface area contributed by atoms with Crippen molar-refractivity contribution in [2.45, 2.75) is 19.3 Å². The number of carboxylic acid groups (broad SMARTS) is 1. The van der Waals surface area contributed by atoms with E-state index in [1.165, 1.54) is 11.3 Å². The van der Waals surface area contributed by atoms with E-state index in [2.05, 4.69) is 4.98 Å². The van der Waals surface area contributed by atoms with Crippen LogP contribution in [0.3, 0.4) is 0 Å². The van der Waals surface area contributed by atoms with E-state index in [1.807, 2.05) is 61.5 Å². The lowest BCUT2D eigenvalue weighted by Crippen LogP contribution is -2.05. The van der Waals surface area contributed by atoms with E-state index in [1.54, 1.807) is 18.3 Å². The van der Waals surface area contributed by atoms with Gasteiger partial charge in [0, 0.05) is 21.7 Å². The largest absolute Gasteiger partial charge is 0.494 e. The predicted octanol–water partition coefficient (Wildman–Crippen LogP) is 6.06. The van der Waals surface area contributed by atoms with Gasteiger partial charge >= 0.3 is 5.97 Å². The Bertz CT molecular complexity index is 1190. The summed E-state index contributed by atoms with van der Waals surface area (Å²) in [5.41, 5.74) is 3.34. The fourth-order valence-corrected chi connectivity index (χ4v) is 4.84. The van der Waals surface area contributed by atoms with Crippen LogP contribution in [0.2, 0.25) is 5.02 Å². The molecule has 0 aliphatic carbocycles. The fraction of sp³-hybridized carbons (Fsp3) is 0.160. The van der Waals surface area contributed by atoms with E-state index < -0.39 is 5.97 Å². The average molecular weight is 465 g/mol. The molecule has 2 heterocycles. The number of carbonyl (C=O) groups is 1. The van der Waals surface area contributed by atoms with Gasteiger partial charge in [0.15, 0.2) is 0 Å². The molecule has 1 atom stereocenters. The molecule has 0 spiro atoms. The first-order valence-electron chi connectivity index (χ1n) is 10.2. The number of rotatable bonds is 8. The number of pyridine rings is 1. The molecular weight excluding hydrogens is 444 g/mol. The molecule has 4 aromatic rings. The van der Waals surface area contributed by atoms with E-state index >= 15 is 0 Å². The van der Waals surface area contributed by atoms with Gasteiger partial charge < -0.3 is 9.84 Å². The zero-order valence-electron chi connectivity index (χ0n) is 17.4. The van der Waals surface area contributed by atoms with Crippen LogP contribution in [0.5, 0.6) is 5.75 Å². The molecule has 0 aliphatic rings. The summed E-state index contributed by atoms with van der Waals surface area (Å²) < 4.78 is 5.58. The standard InChI is InChI=1S/C25H21ClN2O3S/c1-2-31-19-12-8-16(9-13-19)23(20-5-3-4-14-27-20)25-28-24(21(32-25)15-22(29)30)17-6-10-18(26)11-7-17/h3-14,23H,2,15H2,1H3,(H,29,30). The number of hydrogen-bond donors (Lipinski definition) is 1. The van der Waals surface area contributed by atoms with Crippen LogP contribution in [-0.4, -0.2) is 27.7 Å². The van der Waals surface area contributed by atoms with Crippen LogP contribution < -0.4 is 4.74 Å². The highest BCUT2D eigenvalue weighted by Gasteiger charge is 2.25. The number of carboxylic acids is 1. The monoisotopic (exact) mass is 464 g/mol. The van der Waals surface area contributed by atoms with Crippen LogP contribution in [0.15, 0.2) is 72.9 Å². The molecule has 0 aliphatic heterocycles. The summed E-state index contributed by atoms with van der Waals surface area (Å²) in [5.74, 6) is -0.333. The minimum absolute atomic E-state index is 0.103. The molecule has 7 heteroatoms. The third-order valence-electron chi connectivity index (χ3n) is 4.90. The number of ether oxygens (including phenoxy) is 1. The summed E-state index contributed by atoms with van der Waals surface area (Å²) in [6.07, 6.45) is 1.65. The predicted molar refractivity (Wildman–Crippen MR) is 127 cm³/mol. The van der Waals surface area contributed by atoms with Crippen molar-refractivity contribution in [3.8, 4) is 17.0 Å². The van der Waals surface area contributed by atoms with Gasteiger partial charge in [-0.05, 0) is 48.9 Å². The highest BCUT2D eigenvalue weighted by atomic mass is 35.5. The van der Waals surface area contributed by atoms with Crippen molar-refractivity contribution in [3.05, 3.63) is 99.1 Å². The van der Waals surface area contributed by atoms with E-state index in [4.69, 9.17) is 21.3 Å². The van der Waals surface area contributed by atoms with Gasteiger partial charge in [0.05, 0.1) is 30.3 Å². The summed E-state index contributed by atoms with van der Waals surface area (Å²) in [6, 6.07) is 20.9. The first-order chi connectivity index (χ1) is 15.5. The number of hydrogen-bond acceptors (Lipinski definition) is 5. The second kappa shape index (κ2) is 9.94. The van der Waals surface area contributed by atoms with Crippen LogP contribution >= 0.6 is 22.9 Å². The quantitative estimate of drug-likeness (QED) is 0.343. The number of halogens is 1. The molecule has 0 radical (unpaired) electrons. The number of nitrogens with zero attached hydrogens (tertiary/aromatic N) is 2. The maximum absolute atomic E-state index is 11.6. The van der Waals surface area contributed by atoms with Crippen molar-refractivity contribution in [1.29, 1.82) is 0 Å². The van der Waals surface area contributed by atoms with E-state index in [9.17, 15) is 9.90 Å². The lowest BCUT2D eigenvalue weighted by Gasteiger charge is -2.15. The van der Waals surface area contributed by atoms with Crippen LogP contribution in [0.1, 0.15) is 34.0 Å². The van der Waals surface area contributed by atoms with Gasteiger partial charge in [-0.3, -0.25) is 9.78 Å². The Labute approximate surface area is 195 Å². The summed E-state index contributed by atoms with van der Waals surface area (Å²) >= 11 is 7.45. The minimum atomic E-state index is -0.897. The zero-order valence-corrected chi connectivity index (χ0v) is 18.9. The molecular formula is C25H21ClN2O3S. The van der Waals surface area contributed by atoms with E-state index in [0.29, 0.717) is 22.2 Å². The molecule has 0 saturated heterocycles. The molecule has 162 valence electrons. The lowest BCUT2D eigenvalue weighted by atomic mass is 9.95. The molecule has 2 aromatic heterocycles. The van der Waals surface area contributed by atoms with Crippen LogP contribution in [0.4, 0.5) is 0 Å². The first-order valence-corrected chi connectivity index (χ1v) is 11.4. The molecule has 0 amide bonds. The highest BCUT2D eigenvalue weighted by molar-refractivity contribution is 7.12. The van der Waals surface area contributed by atoms with Gasteiger partial charge in [0.2, 0.25) is 0 Å². The number of benzene rings is 2. The Kier molecular flexibility index (Phi) is 6.83. The van der Waals surface area contributed by atoms with Gasteiger partial charge in [0.1, 0.15) is 10.8 Å². The summed E-state index contributed by atoms with van der Waals surface area (Å²) in [5, 5.41) is 10.9. The molecule has 32 heavy (non-hydrogen) atoms. The van der Waals surface area contributed by atoms with Crippen molar-refractivity contribution < 1.29 is 14.6 Å². The zero-order chi connectivity index (χ0) is 22.5. The second-order valence-corrected chi connectivity index (χ2v) is 8.64. The smallest absolute Gasteiger partial charge is 0.308 e. The van der Waals surface area contributed by atoms with Crippen molar-refractivity contribution in [1.82, 2.24) is 9.97 Å². The van der Waals surface area contributed by atoms with Gasteiger partial charge in [-0.15, -0.1) is 11.3 Å². The summed E-state index contributed by atoms with van der Waals surface area (Å²) in [4.78, 5) is 21.7. The molecule has 1 N–H and O–H groups in total. The lowest BCUT2D eigenvalue weighted by molar-refractivity contribution is -0.136. The SMILES string of the molecule is CCOc1ccc(C(c2ccccn2)c2nc(-c3ccc(Cl)cc3)c(CC(=O)O)s2)cc1. The molecule has 5 nitrogen and oxygen atoms in total. The van der Waals surface area contributed by atoms with Gasteiger partial charge in [-0.25, -0.2) is 4.98 Å². The summed E-state index contributed by atoms with van der Waals surface area (Å²) in [7, 11) is 0. The molecule has 0 fully saturated rings. The Morgan fingerprint density at radius 3 is 2.47 bits per heavy atom. The van der Waals surface area contributed by atoms with Gasteiger partial charge in [-0.2, -0.15) is 0 Å². The molecule has 0 bridgehead atoms. The van der Waals surface area contributed by atoms with E-state index in [-0.39, 0.29) is 12.3 Å². The molecule has 1 unspecified atom stereocenters. The van der Waals surface area contributed by atoms with Crippen LogP contribution in [0.25, 0.3) is 11.3 Å². The van der Waals surface area contributed by atoms with Gasteiger partial charge in [-0.1, -0.05) is 41.9 Å². The Morgan fingerprint density at radius 1 is 1.09 bits per heavy atom. The van der Waals surface area contributed by atoms with Crippen molar-refractivity contribution >= 4 is 28.9 Å². The Hall–Kier alpha value is -3.22. The minimum Gasteiger partial charge on any atom is -0.494 e. The van der Waals surface area contributed by atoms with Crippen molar-refractivity contribution in [2.75, 3.05) is 6.61 Å². The second-order valence-electron chi connectivity index (χ2n) is 7.09. The van der Waals surface area contributed by atoms with Crippen LogP contribution in [0, 0.1) is 0 Å². The molecule has 0 saturated carbocycles. The average Bonchev–Trinajstić information content (AvgIpc) is 3.19. The fourth-order valence-electron chi connectivity index (χ4n) is 3.49. The van der Waals surface area contributed by atoms with Gasteiger partial charge in [0.25, 0.3) is 0 Å². The third-order valence-corrected chi connectivity index (χ3v) is 6.27. The normalized spacial score (nSPS) is 11.8. The highest BCUT2D eigenvalue weighted by Crippen LogP contribution is 2.38. The van der Waals surface area contributed by atoms with Crippen molar-refractivity contribution in [2.24, 2.45) is 0 Å². The van der Waals surface area contributed by atoms with Crippen molar-refractivity contribution in [3.63, 3.8) is 0 Å². The Balaban J connectivity index is 1.83. The van der Waals surface area contributed by atoms with E-state index in [0.717, 1.165) is 27.6 Å². The molecule has 2 aromatic carbocycles. The third kappa shape index (κ3) is 4.98. The summed E-state index contributed by atoms with van der Waals surface area (Å²) in [6.45, 7) is 2.54. The maximum Gasteiger partial charge on any atom is 0.308 e. The van der Waals surface area contributed by atoms with Crippen LogP contribution in [-0.2, 0) is 11.2 Å². The number of thiazole rings is 1. The molecule has 4 rings (SSSR count). The first kappa shape index (κ1) is 22.0. The maximum atomic E-state index is 11.6. The number of aromatic nitrogens is 2. The topological polar surface area (TPSA) is 72.3 Å². The number of aliphatic carboxylic acids is 1.